The largest absolute Gasteiger partial charge is 0.494 e. The Morgan fingerprint density at radius 1 is 1.19 bits per heavy atom. The van der Waals surface area contributed by atoms with Crippen LogP contribution in [0.3, 0.4) is 0 Å². The maximum Gasteiger partial charge on any atom is 0.263 e. The van der Waals surface area contributed by atoms with Crippen LogP contribution < -0.4 is 10.2 Å². The van der Waals surface area contributed by atoms with Gasteiger partial charge < -0.3 is 4.74 Å². The molecule has 3 rings (SSSR count). The number of carbonyl (C=O) groups excluding carboxylic acids is 1. The molecule has 0 saturated carbocycles. The number of rotatable bonds is 7. The molecule has 0 unspecified atom stereocenters. The van der Waals surface area contributed by atoms with Crippen molar-refractivity contribution in [1.29, 1.82) is 0 Å². The van der Waals surface area contributed by atoms with E-state index in [9.17, 15) is 4.79 Å². The molecule has 0 aliphatic rings. The monoisotopic (exact) mass is 350 g/mol. The fourth-order valence-electron chi connectivity index (χ4n) is 2.17. The van der Waals surface area contributed by atoms with E-state index in [0.29, 0.717) is 12.4 Å². The second kappa shape index (κ2) is 8.52. The summed E-state index contributed by atoms with van der Waals surface area (Å²) in [4.78, 5) is 13.1. The maximum absolute atomic E-state index is 11.9. The molecular formula is C18H18N6O2. The van der Waals surface area contributed by atoms with Crippen molar-refractivity contribution in [2.75, 3.05) is 6.61 Å². The summed E-state index contributed by atoms with van der Waals surface area (Å²) in [6.07, 6.45) is 1.55. The summed E-state index contributed by atoms with van der Waals surface area (Å²) in [6.45, 7) is 2.48. The van der Waals surface area contributed by atoms with Crippen LogP contribution >= 0.6 is 0 Å². The maximum atomic E-state index is 11.9. The van der Waals surface area contributed by atoms with Crippen molar-refractivity contribution in [1.82, 2.24) is 25.6 Å². The molecule has 1 N–H and O–H groups in total. The first-order valence-electron chi connectivity index (χ1n) is 8.12. The Balaban J connectivity index is 1.52. The Bertz CT molecular complexity index is 874. The summed E-state index contributed by atoms with van der Waals surface area (Å²) < 4.78 is 5.37. The molecular weight excluding hydrogens is 332 g/mol. The molecule has 132 valence electrons. The zero-order chi connectivity index (χ0) is 18.2. The van der Waals surface area contributed by atoms with Gasteiger partial charge in [0.2, 0.25) is 5.82 Å². The molecule has 1 aromatic heterocycles. The van der Waals surface area contributed by atoms with Gasteiger partial charge in [-0.25, -0.2) is 5.43 Å². The summed E-state index contributed by atoms with van der Waals surface area (Å²) in [7, 11) is 0. The Morgan fingerprint density at radius 3 is 2.69 bits per heavy atom. The number of hydrogen-bond acceptors (Lipinski definition) is 6. The third-order valence-corrected chi connectivity index (χ3v) is 3.36. The molecule has 0 saturated heterocycles. The Hall–Kier alpha value is -3.55. The van der Waals surface area contributed by atoms with Gasteiger partial charge in [0.05, 0.1) is 12.8 Å². The highest BCUT2D eigenvalue weighted by atomic mass is 16.5. The van der Waals surface area contributed by atoms with Crippen molar-refractivity contribution < 1.29 is 9.53 Å². The number of benzene rings is 2. The van der Waals surface area contributed by atoms with Crippen LogP contribution in [0.2, 0.25) is 0 Å². The molecule has 0 aliphatic carbocycles. The zero-order valence-corrected chi connectivity index (χ0v) is 14.2. The molecule has 26 heavy (non-hydrogen) atoms. The lowest BCUT2D eigenvalue weighted by Crippen LogP contribution is -2.24. The first-order valence-corrected chi connectivity index (χ1v) is 8.12. The third kappa shape index (κ3) is 4.73. The van der Waals surface area contributed by atoms with Gasteiger partial charge >= 0.3 is 0 Å². The number of nitrogens with zero attached hydrogens (tertiary/aromatic N) is 5. The first kappa shape index (κ1) is 17.3. The van der Waals surface area contributed by atoms with Crippen molar-refractivity contribution in [3.05, 3.63) is 60.2 Å². The van der Waals surface area contributed by atoms with Gasteiger partial charge in [-0.3, -0.25) is 4.79 Å². The van der Waals surface area contributed by atoms with Crippen molar-refractivity contribution in [3.8, 4) is 17.1 Å². The van der Waals surface area contributed by atoms with E-state index in [1.807, 2.05) is 61.5 Å². The van der Waals surface area contributed by atoms with Crippen molar-refractivity contribution in [2.24, 2.45) is 5.10 Å². The molecule has 8 heteroatoms. The second-order valence-corrected chi connectivity index (χ2v) is 5.30. The van der Waals surface area contributed by atoms with E-state index in [-0.39, 0.29) is 12.5 Å². The summed E-state index contributed by atoms with van der Waals surface area (Å²) in [5.41, 5.74) is 4.13. The van der Waals surface area contributed by atoms with Gasteiger partial charge in [-0.1, -0.05) is 30.3 Å². The highest BCUT2D eigenvalue weighted by molar-refractivity contribution is 5.82. The van der Waals surface area contributed by atoms with Crippen LogP contribution in [0.25, 0.3) is 11.4 Å². The Morgan fingerprint density at radius 2 is 1.96 bits per heavy atom. The zero-order valence-electron chi connectivity index (χ0n) is 14.2. The smallest absolute Gasteiger partial charge is 0.263 e. The van der Waals surface area contributed by atoms with E-state index >= 15 is 0 Å². The SMILES string of the molecule is CCOc1ccc(/C=N/NC(=O)Cn2nnc(-c3ccccc3)n2)cc1. The van der Waals surface area contributed by atoms with Gasteiger partial charge in [-0.15, -0.1) is 10.2 Å². The van der Waals surface area contributed by atoms with Gasteiger partial charge in [0, 0.05) is 5.56 Å². The lowest BCUT2D eigenvalue weighted by molar-refractivity contribution is -0.122. The van der Waals surface area contributed by atoms with E-state index in [4.69, 9.17) is 4.74 Å². The average Bonchev–Trinajstić information content (AvgIpc) is 3.12. The summed E-state index contributed by atoms with van der Waals surface area (Å²) in [5, 5.41) is 15.9. The summed E-state index contributed by atoms with van der Waals surface area (Å²) >= 11 is 0. The van der Waals surface area contributed by atoms with Crippen LogP contribution in [0, 0.1) is 0 Å². The fourth-order valence-corrected chi connectivity index (χ4v) is 2.17. The molecule has 0 aliphatic heterocycles. The van der Waals surface area contributed by atoms with Crippen LogP contribution in [0.4, 0.5) is 0 Å². The lowest BCUT2D eigenvalue weighted by Gasteiger charge is -2.02. The number of aromatic nitrogens is 4. The van der Waals surface area contributed by atoms with Gasteiger partial charge in [-0.05, 0) is 42.0 Å². The van der Waals surface area contributed by atoms with E-state index in [2.05, 4.69) is 25.9 Å². The number of hydrogen-bond donors (Lipinski definition) is 1. The molecule has 0 atom stereocenters. The molecule has 0 spiro atoms. The number of ether oxygens (including phenoxy) is 1. The van der Waals surface area contributed by atoms with Gasteiger partial charge in [0.15, 0.2) is 0 Å². The average molecular weight is 350 g/mol. The molecule has 1 heterocycles. The van der Waals surface area contributed by atoms with Crippen molar-refractivity contribution in [2.45, 2.75) is 13.5 Å². The van der Waals surface area contributed by atoms with E-state index in [1.54, 1.807) is 6.21 Å². The number of nitrogens with one attached hydrogen (secondary N) is 1. The molecule has 2 aromatic carbocycles. The minimum Gasteiger partial charge on any atom is -0.494 e. The number of amides is 1. The molecule has 0 radical (unpaired) electrons. The predicted molar refractivity (Wildman–Crippen MR) is 96.6 cm³/mol. The van der Waals surface area contributed by atoms with Crippen LogP contribution in [-0.2, 0) is 11.3 Å². The first-order chi connectivity index (χ1) is 12.7. The normalized spacial score (nSPS) is 10.8. The van der Waals surface area contributed by atoms with E-state index in [1.165, 1.54) is 4.80 Å². The Labute approximate surface area is 150 Å². The minimum atomic E-state index is -0.343. The predicted octanol–water partition coefficient (Wildman–Crippen LogP) is 1.89. The van der Waals surface area contributed by atoms with Crippen molar-refractivity contribution >= 4 is 12.1 Å². The number of tetrazole rings is 1. The number of carbonyl (C=O) groups is 1. The molecule has 0 bridgehead atoms. The van der Waals surface area contributed by atoms with Gasteiger partial charge in [0.25, 0.3) is 5.91 Å². The molecule has 1 amide bonds. The topological polar surface area (TPSA) is 94.3 Å². The van der Waals surface area contributed by atoms with E-state index < -0.39 is 0 Å². The van der Waals surface area contributed by atoms with Gasteiger partial charge in [-0.2, -0.15) is 9.90 Å². The quantitative estimate of drug-likeness (QED) is 0.519. The van der Waals surface area contributed by atoms with Gasteiger partial charge in [0.1, 0.15) is 12.3 Å². The molecule has 0 fully saturated rings. The van der Waals surface area contributed by atoms with Crippen LogP contribution in [-0.4, -0.2) is 38.9 Å². The standard InChI is InChI=1S/C18H18N6O2/c1-2-26-16-10-8-14(9-11-16)12-19-20-17(25)13-24-22-18(21-23-24)15-6-4-3-5-7-15/h3-12H,2,13H2,1H3,(H,20,25)/b19-12+. The van der Waals surface area contributed by atoms with Crippen LogP contribution in [0.5, 0.6) is 5.75 Å². The van der Waals surface area contributed by atoms with E-state index in [0.717, 1.165) is 16.9 Å². The highest BCUT2D eigenvalue weighted by Gasteiger charge is 2.08. The third-order valence-electron chi connectivity index (χ3n) is 3.36. The summed E-state index contributed by atoms with van der Waals surface area (Å²) in [6, 6.07) is 16.8. The minimum absolute atomic E-state index is 0.0690. The number of hydrazone groups is 1. The molecule has 3 aromatic rings. The van der Waals surface area contributed by atoms with Crippen molar-refractivity contribution in [3.63, 3.8) is 0 Å². The lowest BCUT2D eigenvalue weighted by atomic mass is 10.2. The van der Waals surface area contributed by atoms with Crippen LogP contribution in [0.15, 0.2) is 59.7 Å². The van der Waals surface area contributed by atoms with Crippen LogP contribution in [0.1, 0.15) is 12.5 Å². The Kier molecular flexibility index (Phi) is 5.66. The molecule has 8 nitrogen and oxygen atoms in total. The fraction of sp³-hybridized carbons (Fsp3) is 0.167. The second-order valence-electron chi connectivity index (χ2n) is 5.30. The summed E-state index contributed by atoms with van der Waals surface area (Å²) in [5.74, 6) is 0.917. The highest BCUT2D eigenvalue weighted by Crippen LogP contribution is 2.12.